The highest BCUT2D eigenvalue weighted by atomic mass is 32.2. The van der Waals surface area contributed by atoms with Gasteiger partial charge in [0.15, 0.2) is 0 Å². The van der Waals surface area contributed by atoms with Gasteiger partial charge in [0.05, 0.1) is 11.4 Å². The van der Waals surface area contributed by atoms with E-state index in [2.05, 4.69) is 9.97 Å². The van der Waals surface area contributed by atoms with Crippen LogP contribution in [0.4, 0.5) is 8.78 Å². The number of aromatic amines is 1. The molecule has 0 saturated carbocycles. The molecule has 0 radical (unpaired) electrons. The fraction of sp³-hybridized carbons (Fsp3) is 0.357. The van der Waals surface area contributed by atoms with Crippen LogP contribution < -0.4 is 0 Å². The molecule has 2 heterocycles. The van der Waals surface area contributed by atoms with Crippen LogP contribution in [-0.4, -0.2) is 22.1 Å². The topological polar surface area (TPSA) is 28.7 Å². The summed E-state index contributed by atoms with van der Waals surface area (Å²) in [4.78, 5) is 8.61. The Bertz CT molecular complexity index is 529. The van der Waals surface area contributed by atoms with Crippen molar-refractivity contribution in [1.29, 1.82) is 0 Å². The van der Waals surface area contributed by atoms with Crippen LogP contribution >= 0.6 is 11.8 Å². The van der Waals surface area contributed by atoms with E-state index in [9.17, 15) is 8.78 Å². The molecule has 102 valence electrons. The number of alkyl halides is 2. The summed E-state index contributed by atoms with van der Waals surface area (Å²) in [5, 5.41) is 0. The van der Waals surface area contributed by atoms with E-state index in [1.165, 1.54) is 0 Å². The third-order valence-electron chi connectivity index (χ3n) is 2.86. The van der Waals surface area contributed by atoms with Crippen LogP contribution in [-0.2, 0) is 6.42 Å². The first kappa shape index (κ1) is 14.1. The van der Waals surface area contributed by atoms with E-state index in [4.69, 9.17) is 0 Å². The number of thioether (sulfide) groups is 1. The highest BCUT2D eigenvalue weighted by Gasteiger charge is 2.20. The summed E-state index contributed by atoms with van der Waals surface area (Å²) in [5.74, 6) is -2.62. The van der Waals surface area contributed by atoms with Gasteiger partial charge in [-0.2, -0.15) is 0 Å². The smallest absolute Gasteiger partial charge is 0.245 e. The summed E-state index contributed by atoms with van der Waals surface area (Å²) in [6.07, 6.45) is 5.74. The largest absolute Gasteiger partial charge is 0.359 e. The molecule has 2 aromatic rings. The first-order valence-electron chi connectivity index (χ1n) is 6.04. The molecule has 0 bridgehead atoms. The summed E-state index contributed by atoms with van der Waals surface area (Å²) in [5.41, 5.74) is 2.64. The maximum atomic E-state index is 12.8. The molecule has 1 N–H and O–H groups in total. The zero-order valence-electron chi connectivity index (χ0n) is 10.9. The highest BCUT2D eigenvalue weighted by Crippen LogP contribution is 2.27. The lowest BCUT2D eigenvalue weighted by molar-refractivity contribution is 0.0133. The maximum Gasteiger partial charge on any atom is 0.245 e. The van der Waals surface area contributed by atoms with Crippen molar-refractivity contribution in [2.75, 3.05) is 6.26 Å². The second kappa shape index (κ2) is 5.74. The second-order valence-electron chi connectivity index (χ2n) is 4.54. The number of hydrogen-bond donors (Lipinski definition) is 1. The zero-order chi connectivity index (χ0) is 13.9. The molecule has 0 amide bonds. The van der Waals surface area contributed by atoms with Crippen molar-refractivity contribution in [3.63, 3.8) is 0 Å². The molecule has 0 unspecified atom stereocenters. The Hall–Kier alpha value is -1.36. The quantitative estimate of drug-likeness (QED) is 0.824. The standard InChI is InChI=1S/C14H16F2N2S/c1-14(15,16)7-5-10-3-4-11(18-9-10)13-12(19-2)6-8-17-13/h3-4,6,8-9,17H,5,7H2,1-2H3. The number of H-pyrrole nitrogens is 1. The van der Waals surface area contributed by atoms with Gasteiger partial charge in [-0.1, -0.05) is 6.07 Å². The average Bonchev–Trinajstić information content (AvgIpc) is 2.84. The third-order valence-corrected chi connectivity index (χ3v) is 3.64. The molecule has 5 heteroatoms. The van der Waals surface area contributed by atoms with Crippen LogP contribution in [0, 0.1) is 0 Å². The summed E-state index contributed by atoms with van der Waals surface area (Å²) >= 11 is 1.64. The Labute approximate surface area is 115 Å². The van der Waals surface area contributed by atoms with Gasteiger partial charge in [0, 0.05) is 23.7 Å². The Balaban J connectivity index is 2.10. The maximum absolute atomic E-state index is 12.8. The molecule has 0 fully saturated rings. The third kappa shape index (κ3) is 3.80. The molecule has 0 saturated heterocycles. The van der Waals surface area contributed by atoms with E-state index in [1.807, 2.05) is 30.7 Å². The fourth-order valence-corrected chi connectivity index (χ4v) is 2.38. The van der Waals surface area contributed by atoms with Gasteiger partial charge in [-0.3, -0.25) is 4.98 Å². The number of hydrogen-bond acceptors (Lipinski definition) is 2. The molecule has 2 aromatic heterocycles. The van der Waals surface area contributed by atoms with Crippen molar-refractivity contribution < 1.29 is 8.78 Å². The average molecular weight is 282 g/mol. The summed E-state index contributed by atoms with van der Waals surface area (Å²) in [7, 11) is 0. The number of nitrogens with zero attached hydrogens (tertiary/aromatic N) is 1. The number of pyridine rings is 1. The van der Waals surface area contributed by atoms with Gasteiger partial charge in [0.25, 0.3) is 0 Å². The van der Waals surface area contributed by atoms with E-state index in [0.717, 1.165) is 28.8 Å². The van der Waals surface area contributed by atoms with Gasteiger partial charge in [0.2, 0.25) is 5.92 Å². The van der Waals surface area contributed by atoms with Gasteiger partial charge >= 0.3 is 0 Å². The molecule has 2 nitrogen and oxygen atoms in total. The summed E-state index contributed by atoms with van der Waals surface area (Å²) < 4.78 is 25.6. The molecule has 19 heavy (non-hydrogen) atoms. The highest BCUT2D eigenvalue weighted by molar-refractivity contribution is 7.98. The minimum absolute atomic E-state index is 0.146. The molecule has 2 rings (SSSR count). The van der Waals surface area contributed by atoms with Crippen molar-refractivity contribution in [3.05, 3.63) is 36.2 Å². The first-order valence-corrected chi connectivity index (χ1v) is 7.26. The molecule has 0 aliphatic heterocycles. The normalized spacial score (nSPS) is 11.8. The van der Waals surface area contributed by atoms with Crippen molar-refractivity contribution in [2.45, 2.75) is 30.6 Å². The second-order valence-corrected chi connectivity index (χ2v) is 5.39. The molecule has 0 spiro atoms. The van der Waals surface area contributed by atoms with Crippen LogP contribution in [0.1, 0.15) is 18.9 Å². The lowest BCUT2D eigenvalue weighted by Gasteiger charge is -2.09. The lowest BCUT2D eigenvalue weighted by Crippen LogP contribution is -2.10. The lowest BCUT2D eigenvalue weighted by atomic mass is 10.1. The predicted molar refractivity (Wildman–Crippen MR) is 74.7 cm³/mol. The molecular formula is C14H16F2N2S. The van der Waals surface area contributed by atoms with Gasteiger partial charge in [-0.15, -0.1) is 11.8 Å². The van der Waals surface area contributed by atoms with E-state index in [0.29, 0.717) is 6.42 Å². The van der Waals surface area contributed by atoms with Gasteiger partial charge < -0.3 is 4.98 Å². The van der Waals surface area contributed by atoms with Gasteiger partial charge in [0.1, 0.15) is 0 Å². The van der Waals surface area contributed by atoms with Crippen LogP contribution in [0.5, 0.6) is 0 Å². The minimum Gasteiger partial charge on any atom is -0.359 e. The van der Waals surface area contributed by atoms with Gasteiger partial charge in [-0.25, -0.2) is 8.78 Å². The molecule has 0 aromatic carbocycles. The van der Waals surface area contributed by atoms with Crippen molar-refractivity contribution in [2.24, 2.45) is 0 Å². The van der Waals surface area contributed by atoms with Crippen LogP contribution in [0.15, 0.2) is 35.5 Å². The Morgan fingerprint density at radius 1 is 1.32 bits per heavy atom. The number of aromatic nitrogens is 2. The van der Waals surface area contributed by atoms with E-state index < -0.39 is 5.92 Å². The predicted octanol–water partition coefficient (Wildman–Crippen LogP) is 4.39. The minimum atomic E-state index is -2.62. The Kier molecular flexibility index (Phi) is 4.24. The van der Waals surface area contributed by atoms with E-state index >= 15 is 0 Å². The SMILES string of the molecule is CSc1cc[nH]c1-c1ccc(CCC(C)(F)F)cn1. The Morgan fingerprint density at radius 3 is 2.68 bits per heavy atom. The molecule has 0 atom stereocenters. The summed E-state index contributed by atoms with van der Waals surface area (Å²) in [6.45, 7) is 0.943. The van der Waals surface area contributed by atoms with E-state index in [1.54, 1.807) is 18.0 Å². The van der Waals surface area contributed by atoms with Crippen LogP contribution in [0.25, 0.3) is 11.4 Å². The number of halogens is 2. The Morgan fingerprint density at radius 2 is 2.11 bits per heavy atom. The first-order chi connectivity index (χ1) is 8.99. The zero-order valence-corrected chi connectivity index (χ0v) is 11.7. The number of nitrogens with one attached hydrogen (secondary N) is 1. The van der Waals surface area contributed by atoms with Crippen molar-refractivity contribution in [1.82, 2.24) is 9.97 Å². The fourth-order valence-electron chi connectivity index (χ4n) is 1.81. The molecular weight excluding hydrogens is 266 g/mol. The number of aryl methyl sites for hydroxylation is 1. The molecule has 0 aliphatic rings. The van der Waals surface area contributed by atoms with Crippen LogP contribution in [0.3, 0.4) is 0 Å². The van der Waals surface area contributed by atoms with Gasteiger partial charge in [-0.05, 0) is 37.3 Å². The van der Waals surface area contributed by atoms with Crippen molar-refractivity contribution in [3.8, 4) is 11.4 Å². The van der Waals surface area contributed by atoms with Crippen LogP contribution in [0.2, 0.25) is 0 Å². The van der Waals surface area contributed by atoms with Crippen molar-refractivity contribution >= 4 is 11.8 Å². The summed E-state index contributed by atoms with van der Waals surface area (Å²) in [6, 6.07) is 5.72. The van der Waals surface area contributed by atoms with E-state index in [-0.39, 0.29) is 6.42 Å². The molecule has 0 aliphatic carbocycles. The monoisotopic (exact) mass is 282 g/mol. The number of rotatable bonds is 5.